The van der Waals surface area contributed by atoms with Crippen LogP contribution in [0.5, 0.6) is 0 Å². The summed E-state index contributed by atoms with van der Waals surface area (Å²) >= 11 is 0. The first kappa shape index (κ1) is 14.9. The van der Waals surface area contributed by atoms with Gasteiger partial charge >= 0.3 is 0 Å². The quantitative estimate of drug-likeness (QED) is 0.642. The van der Waals surface area contributed by atoms with Gasteiger partial charge in [0.05, 0.1) is 6.10 Å². The average Bonchev–Trinajstić information content (AvgIpc) is 2.11. The molecule has 3 heteroatoms. The third-order valence-electron chi connectivity index (χ3n) is 2.48. The minimum Gasteiger partial charge on any atom is -0.393 e. The number of hydrogen-bond donors (Lipinski definition) is 2. The lowest BCUT2D eigenvalue weighted by molar-refractivity contribution is 0.145. The van der Waals surface area contributed by atoms with Gasteiger partial charge in [0, 0.05) is 19.6 Å². The molecule has 0 fully saturated rings. The van der Waals surface area contributed by atoms with Gasteiger partial charge in [-0.3, -0.25) is 0 Å². The summed E-state index contributed by atoms with van der Waals surface area (Å²) in [6.45, 7) is 12.6. The molecule has 0 aromatic heterocycles. The number of rotatable bonds is 8. The van der Waals surface area contributed by atoms with Crippen LogP contribution in [-0.2, 0) is 0 Å². The topological polar surface area (TPSA) is 35.5 Å². The Bertz CT molecular complexity index is 158. The van der Waals surface area contributed by atoms with Crippen LogP contribution in [0.25, 0.3) is 0 Å². The van der Waals surface area contributed by atoms with Gasteiger partial charge in [-0.15, -0.1) is 0 Å². The largest absolute Gasteiger partial charge is 0.393 e. The van der Waals surface area contributed by atoms with Gasteiger partial charge in [-0.1, -0.05) is 20.8 Å². The average molecular weight is 216 g/mol. The van der Waals surface area contributed by atoms with E-state index in [0.29, 0.717) is 5.41 Å². The molecule has 0 aliphatic carbocycles. The lowest BCUT2D eigenvalue weighted by Crippen LogP contribution is -2.39. The molecule has 0 radical (unpaired) electrons. The molecule has 2 N–H and O–H groups in total. The van der Waals surface area contributed by atoms with Crippen molar-refractivity contribution >= 4 is 0 Å². The second-order valence-electron chi connectivity index (χ2n) is 5.32. The van der Waals surface area contributed by atoms with Crippen molar-refractivity contribution in [2.75, 3.05) is 33.2 Å². The van der Waals surface area contributed by atoms with E-state index < -0.39 is 0 Å². The minimum atomic E-state index is -0.190. The molecule has 0 heterocycles. The Labute approximate surface area is 94.9 Å². The highest BCUT2D eigenvalue weighted by molar-refractivity contribution is 4.75. The molecule has 1 unspecified atom stereocenters. The summed E-state index contributed by atoms with van der Waals surface area (Å²) in [5.74, 6) is 0. The maximum absolute atomic E-state index is 9.20. The first-order valence-electron chi connectivity index (χ1n) is 5.94. The third-order valence-corrected chi connectivity index (χ3v) is 2.48. The van der Waals surface area contributed by atoms with Crippen LogP contribution in [0.4, 0.5) is 0 Å². The number of aliphatic hydroxyl groups excluding tert-OH is 1. The van der Waals surface area contributed by atoms with Gasteiger partial charge in [-0.2, -0.15) is 0 Å². The summed E-state index contributed by atoms with van der Waals surface area (Å²) in [7, 11) is 2.12. The van der Waals surface area contributed by atoms with E-state index >= 15 is 0 Å². The van der Waals surface area contributed by atoms with Crippen molar-refractivity contribution in [3.63, 3.8) is 0 Å². The Hall–Kier alpha value is -0.120. The summed E-state index contributed by atoms with van der Waals surface area (Å²) < 4.78 is 0. The summed E-state index contributed by atoms with van der Waals surface area (Å²) in [5, 5.41) is 12.6. The molecule has 0 spiro atoms. The smallest absolute Gasteiger partial charge is 0.0524 e. The van der Waals surface area contributed by atoms with E-state index in [-0.39, 0.29) is 6.10 Å². The molecule has 0 saturated heterocycles. The maximum Gasteiger partial charge on any atom is 0.0524 e. The lowest BCUT2D eigenvalue weighted by Gasteiger charge is -2.30. The van der Waals surface area contributed by atoms with Crippen molar-refractivity contribution in [1.82, 2.24) is 10.2 Å². The molecule has 0 aliphatic rings. The normalized spacial score (nSPS) is 14.6. The van der Waals surface area contributed by atoms with E-state index in [1.165, 1.54) is 0 Å². The highest BCUT2D eigenvalue weighted by Crippen LogP contribution is 2.15. The van der Waals surface area contributed by atoms with Crippen LogP contribution in [0.1, 0.15) is 34.1 Å². The number of hydrogen-bond acceptors (Lipinski definition) is 3. The predicted molar refractivity (Wildman–Crippen MR) is 66.1 cm³/mol. The zero-order valence-electron chi connectivity index (χ0n) is 11.0. The molecule has 0 saturated carbocycles. The van der Waals surface area contributed by atoms with Gasteiger partial charge in [-0.05, 0) is 32.4 Å². The first-order valence-corrected chi connectivity index (χ1v) is 5.94. The highest BCUT2D eigenvalue weighted by atomic mass is 16.3. The molecule has 3 nitrogen and oxygen atoms in total. The van der Waals surface area contributed by atoms with Crippen LogP contribution in [0.2, 0.25) is 0 Å². The van der Waals surface area contributed by atoms with Crippen molar-refractivity contribution in [3.8, 4) is 0 Å². The Kier molecular flexibility index (Phi) is 7.14. The van der Waals surface area contributed by atoms with E-state index in [0.717, 1.165) is 32.6 Å². The van der Waals surface area contributed by atoms with Crippen molar-refractivity contribution in [3.05, 3.63) is 0 Å². The first-order chi connectivity index (χ1) is 6.87. The number of aliphatic hydroxyl groups is 1. The fourth-order valence-electron chi connectivity index (χ4n) is 1.74. The van der Waals surface area contributed by atoms with Crippen molar-refractivity contribution < 1.29 is 5.11 Å². The minimum absolute atomic E-state index is 0.190. The van der Waals surface area contributed by atoms with Crippen LogP contribution in [0.15, 0.2) is 0 Å². The van der Waals surface area contributed by atoms with Crippen molar-refractivity contribution in [2.24, 2.45) is 5.41 Å². The fraction of sp³-hybridized carbons (Fsp3) is 1.00. The van der Waals surface area contributed by atoms with Crippen molar-refractivity contribution in [1.29, 1.82) is 0 Å². The molecule has 92 valence electrons. The summed E-state index contributed by atoms with van der Waals surface area (Å²) in [4.78, 5) is 2.30. The molecule has 15 heavy (non-hydrogen) atoms. The van der Waals surface area contributed by atoms with E-state index in [1.54, 1.807) is 0 Å². The molecule has 0 bridgehead atoms. The molecule has 1 atom stereocenters. The molecule has 0 aromatic rings. The standard InChI is InChI=1S/C12H28N2O/c1-6-13-9-12(3,4)10-14(5)8-7-11(2)15/h11,13,15H,6-10H2,1-5H3. The molecular formula is C12H28N2O. The van der Waals surface area contributed by atoms with E-state index in [4.69, 9.17) is 0 Å². The predicted octanol–water partition coefficient (Wildman–Crippen LogP) is 1.32. The van der Waals surface area contributed by atoms with E-state index in [9.17, 15) is 5.11 Å². The highest BCUT2D eigenvalue weighted by Gasteiger charge is 2.19. The maximum atomic E-state index is 9.20. The molecule has 0 aromatic carbocycles. The zero-order chi connectivity index (χ0) is 11.9. The second kappa shape index (κ2) is 7.20. The SMILES string of the molecule is CCNCC(C)(C)CN(C)CCC(C)O. The van der Waals surface area contributed by atoms with Gasteiger partial charge < -0.3 is 15.3 Å². The van der Waals surface area contributed by atoms with Crippen LogP contribution in [-0.4, -0.2) is 49.3 Å². The molecule has 0 amide bonds. The van der Waals surface area contributed by atoms with Gasteiger partial charge in [0.1, 0.15) is 0 Å². The van der Waals surface area contributed by atoms with Crippen LogP contribution < -0.4 is 5.32 Å². The van der Waals surface area contributed by atoms with Crippen LogP contribution >= 0.6 is 0 Å². The van der Waals surface area contributed by atoms with Gasteiger partial charge in [0.2, 0.25) is 0 Å². The Morgan fingerprint density at radius 3 is 2.47 bits per heavy atom. The third kappa shape index (κ3) is 8.85. The molecular weight excluding hydrogens is 188 g/mol. The summed E-state index contributed by atoms with van der Waals surface area (Å²) in [5.41, 5.74) is 0.295. The van der Waals surface area contributed by atoms with E-state index in [1.807, 2.05) is 6.92 Å². The van der Waals surface area contributed by atoms with E-state index in [2.05, 4.69) is 38.0 Å². The monoisotopic (exact) mass is 216 g/mol. The summed E-state index contributed by atoms with van der Waals surface area (Å²) in [6.07, 6.45) is 0.665. The Balaban J connectivity index is 3.76. The molecule has 0 rings (SSSR count). The van der Waals surface area contributed by atoms with Gasteiger partial charge in [-0.25, -0.2) is 0 Å². The van der Waals surface area contributed by atoms with Crippen LogP contribution in [0.3, 0.4) is 0 Å². The van der Waals surface area contributed by atoms with Crippen molar-refractivity contribution in [2.45, 2.75) is 40.2 Å². The number of nitrogens with zero attached hydrogens (tertiary/aromatic N) is 1. The zero-order valence-corrected chi connectivity index (χ0v) is 11.0. The Morgan fingerprint density at radius 1 is 1.40 bits per heavy atom. The number of nitrogens with one attached hydrogen (secondary N) is 1. The van der Waals surface area contributed by atoms with Crippen LogP contribution in [0, 0.1) is 5.41 Å². The Morgan fingerprint density at radius 2 is 2.00 bits per heavy atom. The summed E-state index contributed by atoms with van der Waals surface area (Å²) in [6, 6.07) is 0. The van der Waals surface area contributed by atoms with Gasteiger partial charge in [0.25, 0.3) is 0 Å². The second-order valence-corrected chi connectivity index (χ2v) is 5.32. The lowest BCUT2D eigenvalue weighted by atomic mass is 9.92. The molecule has 0 aliphatic heterocycles. The fourth-order valence-corrected chi connectivity index (χ4v) is 1.74. The van der Waals surface area contributed by atoms with Gasteiger partial charge in [0.15, 0.2) is 0 Å².